The van der Waals surface area contributed by atoms with Crippen LogP contribution >= 0.6 is 0 Å². The molecule has 1 saturated carbocycles. The van der Waals surface area contributed by atoms with E-state index < -0.39 is 6.04 Å². The third-order valence-electron chi connectivity index (χ3n) is 5.86. The van der Waals surface area contributed by atoms with Crippen LogP contribution in [-0.4, -0.2) is 47.8 Å². The molecule has 6 heteroatoms. The van der Waals surface area contributed by atoms with Crippen LogP contribution in [-0.2, 0) is 9.59 Å². The lowest BCUT2D eigenvalue weighted by atomic mass is 9.88. The van der Waals surface area contributed by atoms with Crippen molar-refractivity contribution in [2.45, 2.75) is 58.0 Å². The Morgan fingerprint density at radius 1 is 1.04 bits per heavy atom. The quantitative estimate of drug-likeness (QED) is 0.756. The number of nitrogens with zero attached hydrogens (tertiary/aromatic N) is 1. The number of rotatable bonds is 7. The van der Waals surface area contributed by atoms with E-state index in [1.54, 1.807) is 12.1 Å². The summed E-state index contributed by atoms with van der Waals surface area (Å²) in [6, 6.07) is 8.44. The van der Waals surface area contributed by atoms with Gasteiger partial charge in [0.25, 0.3) is 5.91 Å². The van der Waals surface area contributed by atoms with Gasteiger partial charge in [0.15, 0.2) is 0 Å². The Morgan fingerprint density at radius 3 is 2.25 bits per heavy atom. The normalized spacial score (nSPS) is 19.6. The van der Waals surface area contributed by atoms with Gasteiger partial charge in [0.2, 0.25) is 11.8 Å². The lowest BCUT2D eigenvalue weighted by Gasteiger charge is -2.36. The Morgan fingerprint density at radius 2 is 1.68 bits per heavy atom. The van der Waals surface area contributed by atoms with Crippen LogP contribution < -0.4 is 10.6 Å². The van der Waals surface area contributed by atoms with E-state index in [2.05, 4.69) is 10.6 Å². The van der Waals surface area contributed by atoms with E-state index in [0.717, 1.165) is 32.1 Å². The molecule has 6 nitrogen and oxygen atoms in total. The van der Waals surface area contributed by atoms with Gasteiger partial charge in [-0.1, -0.05) is 25.1 Å². The fraction of sp³-hybridized carbons (Fsp3) is 0.591. The first-order valence-electron chi connectivity index (χ1n) is 10.4. The third-order valence-corrected chi connectivity index (χ3v) is 5.86. The Hall–Kier alpha value is -2.37. The summed E-state index contributed by atoms with van der Waals surface area (Å²) in [5, 5.41) is 5.97. The predicted molar refractivity (Wildman–Crippen MR) is 108 cm³/mol. The van der Waals surface area contributed by atoms with Crippen LogP contribution in [0.25, 0.3) is 0 Å². The van der Waals surface area contributed by atoms with Crippen LogP contribution in [0.1, 0.15) is 56.3 Å². The molecule has 1 aliphatic heterocycles. The monoisotopic (exact) mass is 385 g/mol. The maximum atomic E-state index is 12.9. The standard InChI is InChI=1S/C22H31N3O3/c1-3-15(2)23-21(27)19(24-20(26)17-7-5-4-6-8-17)16-11-13-25(14-12-16)22(28)18-9-10-18/h4-8,15-16,18-19H,3,9-14H2,1-2H3,(H,23,27)(H,24,26)/t15-,19-/m0/s1. The summed E-state index contributed by atoms with van der Waals surface area (Å²) < 4.78 is 0. The number of carbonyl (C=O) groups is 3. The van der Waals surface area contributed by atoms with Crippen molar-refractivity contribution in [3.63, 3.8) is 0 Å². The number of hydrogen-bond acceptors (Lipinski definition) is 3. The minimum atomic E-state index is -0.583. The van der Waals surface area contributed by atoms with Crippen molar-refractivity contribution >= 4 is 17.7 Å². The molecule has 3 amide bonds. The zero-order valence-electron chi connectivity index (χ0n) is 16.8. The third kappa shape index (κ3) is 5.12. The molecule has 2 N–H and O–H groups in total. The molecule has 1 heterocycles. The number of benzene rings is 1. The highest BCUT2D eigenvalue weighted by Gasteiger charge is 2.38. The number of likely N-dealkylation sites (tertiary alicyclic amines) is 1. The first-order chi connectivity index (χ1) is 13.5. The van der Waals surface area contributed by atoms with Gasteiger partial charge in [0, 0.05) is 30.6 Å². The summed E-state index contributed by atoms with van der Waals surface area (Å²) in [6.07, 6.45) is 4.30. The summed E-state index contributed by atoms with van der Waals surface area (Å²) in [5.41, 5.74) is 0.546. The largest absolute Gasteiger partial charge is 0.352 e. The van der Waals surface area contributed by atoms with Crippen molar-refractivity contribution in [1.82, 2.24) is 15.5 Å². The van der Waals surface area contributed by atoms with Crippen molar-refractivity contribution in [3.8, 4) is 0 Å². The average Bonchev–Trinajstić information content (AvgIpc) is 3.57. The number of nitrogens with one attached hydrogen (secondary N) is 2. The minimum absolute atomic E-state index is 0.0278. The second-order valence-corrected chi connectivity index (χ2v) is 8.07. The van der Waals surface area contributed by atoms with Crippen molar-refractivity contribution in [3.05, 3.63) is 35.9 Å². The smallest absolute Gasteiger partial charge is 0.251 e. The maximum absolute atomic E-state index is 12.9. The molecule has 2 aliphatic rings. The van der Waals surface area contributed by atoms with Gasteiger partial charge in [-0.05, 0) is 57.1 Å². The van der Waals surface area contributed by atoms with Gasteiger partial charge in [-0.3, -0.25) is 14.4 Å². The highest BCUT2D eigenvalue weighted by molar-refractivity contribution is 5.97. The number of piperidine rings is 1. The molecule has 1 aliphatic carbocycles. The molecule has 2 fully saturated rings. The Kier molecular flexibility index (Phi) is 6.70. The van der Waals surface area contributed by atoms with Crippen LogP contribution in [0.3, 0.4) is 0 Å². The maximum Gasteiger partial charge on any atom is 0.251 e. The van der Waals surface area contributed by atoms with E-state index >= 15 is 0 Å². The molecule has 0 spiro atoms. The molecule has 0 unspecified atom stereocenters. The van der Waals surface area contributed by atoms with Crippen molar-refractivity contribution < 1.29 is 14.4 Å². The van der Waals surface area contributed by atoms with E-state index in [0.29, 0.717) is 18.7 Å². The van der Waals surface area contributed by atoms with E-state index in [1.165, 1.54) is 0 Å². The zero-order chi connectivity index (χ0) is 20.1. The van der Waals surface area contributed by atoms with Crippen LogP contribution in [0, 0.1) is 11.8 Å². The fourth-order valence-electron chi connectivity index (χ4n) is 3.69. The van der Waals surface area contributed by atoms with Gasteiger partial charge >= 0.3 is 0 Å². The summed E-state index contributed by atoms with van der Waals surface area (Å²) in [5.74, 6) is 0.137. The zero-order valence-corrected chi connectivity index (χ0v) is 16.8. The van der Waals surface area contributed by atoms with E-state index in [9.17, 15) is 14.4 Å². The number of amides is 3. The molecule has 0 radical (unpaired) electrons. The summed E-state index contributed by atoms with van der Waals surface area (Å²) in [4.78, 5) is 39.8. The Labute approximate surface area is 167 Å². The van der Waals surface area contributed by atoms with Gasteiger partial charge < -0.3 is 15.5 Å². The molecule has 1 saturated heterocycles. The SMILES string of the molecule is CC[C@H](C)NC(=O)[C@@H](NC(=O)c1ccccc1)C1CCN(C(=O)C2CC2)CC1. The molecule has 1 aromatic rings. The molecule has 0 bridgehead atoms. The lowest BCUT2D eigenvalue weighted by molar-refractivity contribution is -0.134. The highest BCUT2D eigenvalue weighted by Crippen LogP contribution is 2.33. The summed E-state index contributed by atoms with van der Waals surface area (Å²) in [7, 11) is 0. The lowest BCUT2D eigenvalue weighted by Crippen LogP contribution is -2.55. The van der Waals surface area contributed by atoms with Crippen LogP contribution in [0.2, 0.25) is 0 Å². The predicted octanol–water partition coefficient (Wildman–Crippen LogP) is 2.35. The summed E-state index contributed by atoms with van der Waals surface area (Å²) >= 11 is 0. The van der Waals surface area contributed by atoms with Crippen molar-refractivity contribution in [2.75, 3.05) is 13.1 Å². The fourth-order valence-corrected chi connectivity index (χ4v) is 3.69. The molecular formula is C22H31N3O3. The van der Waals surface area contributed by atoms with Gasteiger partial charge in [0.1, 0.15) is 6.04 Å². The molecule has 3 rings (SSSR count). The van der Waals surface area contributed by atoms with E-state index in [-0.39, 0.29) is 35.6 Å². The van der Waals surface area contributed by atoms with Gasteiger partial charge in [-0.15, -0.1) is 0 Å². The molecule has 152 valence electrons. The molecule has 2 atom stereocenters. The van der Waals surface area contributed by atoms with E-state index in [1.807, 2.05) is 36.9 Å². The molecule has 28 heavy (non-hydrogen) atoms. The first-order valence-corrected chi connectivity index (χ1v) is 10.4. The second kappa shape index (κ2) is 9.22. The first kappa shape index (κ1) is 20.4. The molecule has 0 aromatic heterocycles. The van der Waals surface area contributed by atoms with Gasteiger partial charge in [-0.2, -0.15) is 0 Å². The van der Waals surface area contributed by atoms with Crippen molar-refractivity contribution in [1.29, 1.82) is 0 Å². The van der Waals surface area contributed by atoms with E-state index in [4.69, 9.17) is 0 Å². The highest BCUT2D eigenvalue weighted by atomic mass is 16.2. The minimum Gasteiger partial charge on any atom is -0.352 e. The average molecular weight is 386 g/mol. The molecule has 1 aromatic carbocycles. The Balaban J connectivity index is 1.66. The topological polar surface area (TPSA) is 78.5 Å². The number of hydrogen-bond donors (Lipinski definition) is 2. The van der Waals surface area contributed by atoms with Crippen LogP contribution in [0.4, 0.5) is 0 Å². The molecular weight excluding hydrogens is 354 g/mol. The van der Waals surface area contributed by atoms with Crippen LogP contribution in [0.5, 0.6) is 0 Å². The van der Waals surface area contributed by atoms with Crippen molar-refractivity contribution in [2.24, 2.45) is 11.8 Å². The van der Waals surface area contributed by atoms with Gasteiger partial charge in [0.05, 0.1) is 0 Å². The van der Waals surface area contributed by atoms with Gasteiger partial charge in [-0.25, -0.2) is 0 Å². The van der Waals surface area contributed by atoms with Crippen LogP contribution in [0.15, 0.2) is 30.3 Å². The number of carbonyl (C=O) groups excluding carboxylic acids is 3. The summed E-state index contributed by atoms with van der Waals surface area (Å²) in [6.45, 7) is 5.30. The Bertz CT molecular complexity index is 694. The second-order valence-electron chi connectivity index (χ2n) is 8.07.